The Hall–Kier alpha value is -3.92. The minimum atomic E-state index is -1.45. The maximum atomic E-state index is 15.4. The number of benzene rings is 1. The van der Waals surface area contributed by atoms with Gasteiger partial charge in [-0.05, 0) is 60.2 Å². The molecule has 2 aliphatic rings. The highest BCUT2D eigenvalue weighted by atomic mass is 19.1. The van der Waals surface area contributed by atoms with Crippen LogP contribution < -0.4 is 0 Å². The summed E-state index contributed by atoms with van der Waals surface area (Å²) in [4.78, 5) is 20.9. The molecule has 0 radical (unpaired) electrons. The monoisotopic (exact) mass is 471 g/mol. The number of halogens is 2. The SMILES string of the molecule is CC(=O)O[C@H]1c2c(-c3cccnc3C)ncc(C3=CC[C@@H](C)c4cc(F)cc(C#N)c43)c2C[C@H]1F. The molecule has 0 amide bonds. The Morgan fingerprint density at radius 3 is 2.77 bits per heavy atom. The normalized spacial score (nSPS) is 20.5. The number of hydrogen-bond acceptors (Lipinski definition) is 5. The Labute approximate surface area is 202 Å². The van der Waals surface area contributed by atoms with Gasteiger partial charge in [0.25, 0.3) is 0 Å². The molecule has 0 unspecified atom stereocenters. The van der Waals surface area contributed by atoms with Crippen LogP contribution in [0.3, 0.4) is 0 Å². The van der Waals surface area contributed by atoms with E-state index in [1.807, 2.05) is 26.0 Å². The number of carbonyl (C=O) groups is 1. The average molecular weight is 472 g/mol. The van der Waals surface area contributed by atoms with Crippen LogP contribution in [0.1, 0.15) is 71.4 Å². The van der Waals surface area contributed by atoms with Gasteiger partial charge in [-0.2, -0.15) is 5.26 Å². The van der Waals surface area contributed by atoms with Gasteiger partial charge in [0.05, 0.1) is 17.3 Å². The number of fused-ring (bicyclic) bond motifs is 2. The molecule has 0 N–H and O–H groups in total. The van der Waals surface area contributed by atoms with E-state index in [4.69, 9.17) is 9.72 Å². The van der Waals surface area contributed by atoms with Crippen molar-refractivity contribution in [1.29, 1.82) is 5.26 Å². The Kier molecular flexibility index (Phi) is 5.68. The number of hydrogen-bond donors (Lipinski definition) is 0. The number of rotatable bonds is 3. The molecule has 35 heavy (non-hydrogen) atoms. The predicted octanol–water partition coefficient (Wildman–Crippen LogP) is 5.90. The summed E-state index contributed by atoms with van der Waals surface area (Å²) < 4.78 is 35.1. The summed E-state index contributed by atoms with van der Waals surface area (Å²) in [5.74, 6) is -1.02. The molecule has 176 valence electrons. The number of aromatic nitrogens is 2. The molecule has 2 aromatic heterocycles. The zero-order chi connectivity index (χ0) is 24.9. The van der Waals surface area contributed by atoms with E-state index in [1.165, 1.54) is 19.1 Å². The van der Waals surface area contributed by atoms with Gasteiger partial charge in [-0.3, -0.25) is 14.8 Å². The number of aryl methyl sites for hydroxylation is 1. The van der Waals surface area contributed by atoms with Crippen molar-refractivity contribution in [2.75, 3.05) is 0 Å². The molecule has 0 bridgehead atoms. The summed E-state index contributed by atoms with van der Waals surface area (Å²) in [6, 6.07) is 8.45. The highest BCUT2D eigenvalue weighted by Gasteiger charge is 2.41. The largest absolute Gasteiger partial charge is 0.454 e. The number of nitrogens with zero attached hydrogens (tertiary/aromatic N) is 3. The van der Waals surface area contributed by atoms with Crippen LogP contribution in [-0.4, -0.2) is 22.1 Å². The molecule has 1 aromatic carbocycles. The fraction of sp³-hybridized carbons (Fsp3) is 0.286. The lowest BCUT2D eigenvalue weighted by atomic mass is 9.78. The summed E-state index contributed by atoms with van der Waals surface area (Å²) in [7, 11) is 0. The van der Waals surface area contributed by atoms with Gasteiger partial charge in [0.1, 0.15) is 12.0 Å². The number of nitriles is 1. The minimum absolute atomic E-state index is 0.0255. The molecular formula is C28H23F2N3O2. The van der Waals surface area contributed by atoms with E-state index in [0.29, 0.717) is 34.4 Å². The number of alkyl halides is 1. The van der Waals surface area contributed by atoms with Crippen LogP contribution in [0.5, 0.6) is 0 Å². The molecule has 7 heteroatoms. The second kappa shape index (κ2) is 8.70. The number of allylic oxidation sites excluding steroid dienone is 1. The lowest BCUT2D eigenvalue weighted by molar-refractivity contribution is -0.149. The van der Waals surface area contributed by atoms with Gasteiger partial charge in [0.15, 0.2) is 6.10 Å². The van der Waals surface area contributed by atoms with Gasteiger partial charge < -0.3 is 4.74 Å². The van der Waals surface area contributed by atoms with E-state index in [9.17, 15) is 14.4 Å². The maximum absolute atomic E-state index is 15.4. The van der Waals surface area contributed by atoms with E-state index < -0.39 is 24.1 Å². The lowest BCUT2D eigenvalue weighted by Gasteiger charge is -2.26. The average Bonchev–Trinajstić information content (AvgIpc) is 3.14. The third-order valence-electron chi connectivity index (χ3n) is 6.82. The Bertz CT molecular complexity index is 1440. The van der Waals surface area contributed by atoms with Crippen molar-refractivity contribution in [1.82, 2.24) is 9.97 Å². The minimum Gasteiger partial charge on any atom is -0.454 e. The molecule has 5 rings (SSSR count). The zero-order valence-electron chi connectivity index (χ0n) is 19.6. The van der Waals surface area contributed by atoms with E-state index in [1.54, 1.807) is 18.5 Å². The maximum Gasteiger partial charge on any atom is 0.303 e. The molecule has 0 saturated heterocycles. The highest BCUT2D eigenvalue weighted by Crippen LogP contribution is 2.48. The van der Waals surface area contributed by atoms with Gasteiger partial charge in [-0.15, -0.1) is 0 Å². The Morgan fingerprint density at radius 2 is 2.06 bits per heavy atom. The van der Waals surface area contributed by atoms with Crippen molar-refractivity contribution in [3.8, 4) is 17.3 Å². The first-order chi connectivity index (χ1) is 16.8. The molecule has 3 atom stereocenters. The summed E-state index contributed by atoms with van der Waals surface area (Å²) >= 11 is 0. The van der Waals surface area contributed by atoms with Crippen molar-refractivity contribution in [3.05, 3.63) is 87.6 Å². The molecular weight excluding hydrogens is 448 g/mol. The van der Waals surface area contributed by atoms with Gasteiger partial charge in [-0.25, -0.2) is 8.78 Å². The van der Waals surface area contributed by atoms with Crippen molar-refractivity contribution in [2.24, 2.45) is 0 Å². The Balaban J connectivity index is 1.78. The molecule has 0 aliphatic heterocycles. The van der Waals surface area contributed by atoms with Gasteiger partial charge >= 0.3 is 5.97 Å². The quantitative estimate of drug-likeness (QED) is 0.445. The van der Waals surface area contributed by atoms with Gasteiger partial charge in [0.2, 0.25) is 0 Å². The summed E-state index contributed by atoms with van der Waals surface area (Å²) in [5, 5.41) is 9.79. The second-order valence-corrected chi connectivity index (χ2v) is 9.08. The molecule has 3 aromatic rings. The molecule has 2 heterocycles. The van der Waals surface area contributed by atoms with E-state index >= 15 is 4.39 Å². The smallest absolute Gasteiger partial charge is 0.303 e. The van der Waals surface area contributed by atoms with Gasteiger partial charge in [-0.1, -0.05) is 13.0 Å². The summed E-state index contributed by atoms with van der Waals surface area (Å²) in [5.41, 5.74) is 6.17. The second-order valence-electron chi connectivity index (χ2n) is 9.08. The van der Waals surface area contributed by atoms with Crippen LogP contribution in [0, 0.1) is 24.1 Å². The van der Waals surface area contributed by atoms with Crippen molar-refractivity contribution < 1.29 is 18.3 Å². The van der Waals surface area contributed by atoms with E-state index in [0.717, 1.165) is 22.4 Å². The number of pyridine rings is 2. The number of carbonyl (C=O) groups excluding carboxylic acids is 1. The fourth-order valence-corrected chi connectivity index (χ4v) is 5.24. The van der Waals surface area contributed by atoms with E-state index in [2.05, 4.69) is 11.1 Å². The molecule has 0 saturated carbocycles. The third kappa shape index (κ3) is 3.79. The fourth-order valence-electron chi connectivity index (χ4n) is 5.24. The van der Waals surface area contributed by atoms with Crippen molar-refractivity contribution in [2.45, 2.75) is 51.8 Å². The lowest BCUT2D eigenvalue weighted by Crippen LogP contribution is -2.16. The predicted molar refractivity (Wildman–Crippen MR) is 127 cm³/mol. The topological polar surface area (TPSA) is 75.9 Å². The highest BCUT2D eigenvalue weighted by molar-refractivity contribution is 5.88. The van der Waals surface area contributed by atoms with Crippen LogP contribution in [0.25, 0.3) is 16.8 Å². The molecule has 0 spiro atoms. The zero-order valence-corrected chi connectivity index (χ0v) is 19.6. The molecule has 0 fully saturated rings. The van der Waals surface area contributed by atoms with Crippen LogP contribution in [0.15, 0.2) is 42.7 Å². The third-order valence-corrected chi connectivity index (χ3v) is 6.82. The first-order valence-corrected chi connectivity index (χ1v) is 11.5. The summed E-state index contributed by atoms with van der Waals surface area (Å²) in [6.45, 7) is 5.08. The molecule has 2 aliphatic carbocycles. The summed E-state index contributed by atoms with van der Waals surface area (Å²) in [6.07, 6.45) is 3.48. The van der Waals surface area contributed by atoms with Crippen LogP contribution in [-0.2, 0) is 16.0 Å². The molecule has 5 nitrogen and oxygen atoms in total. The number of esters is 1. The van der Waals surface area contributed by atoms with Crippen LogP contribution >= 0.6 is 0 Å². The van der Waals surface area contributed by atoms with Gasteiger partial charge in [0, 0.05) is 53.7 Å². The Morgan fingerprint density at radius 1 is 1.26 bits per heavy atom. The van der Waals surface area contributed by atoms with Crippen LogP contribution in [0.2, 0.25) is 0 Å². The number of ether oxygens (including phenoxy) is 1. The standard InChI is InChI=1S/C28H23F2N3O2/c1-14-6-7-20(25-17(12-31)9-18(29)10-21(14)25)23-13-33-27(19-5-4-8-32-15(19)2)26-22(23)11-24(30)28(26)35-16(3)34/h4-5,7-10,13-14,24,28H,6,11H2,1-3H3/t14-,24-,28-/m1/s1. The van der Waals surface area contributed by atoms with Crippen molar-refractivity contribution in [3.63, 3.8) is 0 Å². The van der Waals surface area contributed by atoms with Crippen molar-refractivity contribution >= 4 is 11.5 Å². The first kappa shape index (κ1) is 22.9. The van der Waals surface area contributed by atoms with E-state index in [-0.39, 0.29) is 17.9 Å². The first-order valence-electron chi connectivity index (χ1n) is 11.5. The van der Waals surface area contributed by atoms with Crippen LogP contribution in [0.4, 0.5) is 8.78 Å².